The Labute approximate surface area is 107 Å². The first-order valence-corrected chi connectivity index (χ1v) is 6.44. The molecule has 1 unspecified atom stereocenters. The number of hydrogen-bond donors (Lipinski definition) is 1. The van der Waals surface area contributed by atoms with Gasteiger partial charge in [0.15, 0.2) is 0 Å². The summed E-state index contributed by atoms with van der Waals surface area (Å²) in [5, 5.41) is 4.16. The number of benzene rings is 1. The monoisotopic (exact) mass is 255 g/mol. The van der Waals surface area contributed by atoms with Crippen LogP contribution in [0.1, 0.15) is 19.8 Å². The van der Waals surface area contributed by atoms with Gasteiger partial charge in [0.25, 0.3) is 0 Å². The summed E-state index contributed by atoms with van der Waals surface area (Å²) in [6, 6.07) is 6.00. The average Bonchev–Trinajstić information content (AvgIpc) is 2.34. The molecular weight excluding hydrogens is 238 g/mol. The Morgan fingerprint density at radius 1 is 1.53 bits per heavy atom. The van der Waals surface area contributed by atoms with Gasteiger partial charge in [0, 0.05) is 17.7 Å². The van der Waals surface area contributed by atoms with Gasteiger partial charge in [0.2, 0.25) is 0 Å². The minimum absolute atomic E-state index is 0.349. The average molecular weight is 256 g/mol. The predicted molar refractivity (Wildman–Crippen MR) is 70.1 cm³/mol. The normalized spacial score (nSPS) is 20.0. The number of hydrogen-bond acceptors (Lipinski definition) is 3. The maximum absolute atomic E-state index is 6.01. The molecule has 1 heterocycles. The smallest absolute Gasteiger partial charge is 0.142 e. The van der Waals surface area contributed by atoms with Gasteiger partial charge in [-0.2, -0.15) is 0 Å². The third kappa shape index (κ3) is 3.51. The molecule has 0 radical (unpaired) electrons. The lowest BCUT2D eigenvalue weighted by atomic mass is 10.1. The van der Waals surface area contributed by atoms with Crippen molar-refractivity contribution in [3.8, 4) is 5.75 Å². The molecule has 1 aromatic carbocycles. The molecule has 3 nitrogen and oxygen atoms in total. The van der Waals surface area contributed by atoms with Crippen LogP contribution in [0.4, 0.5) is 5.69 Å². The summed E-state index contributed by atoms with van der Waals surface area (Å²) < 4.78 is 11.0. The summed E-state index contributed by atoms with van der Waals surface area (Å²) in [5.74, 6) is 0.850. The minimum Gasteiger partial charge on any atom is -0.492 e. The molecule has 4 heteroatoms. The minimum atomic E-state index is 0.349. The van der Waals surface area contributed by atoms with Crippen LogP contribution in [0, 0.1) is 0 Å². The fraction of sp³-hybridized carbons (Fsp3) is 0.538. The van der Waals surface area contributed by atoms with Crippen LogP contribution in [0.2, 0.25) is 5.02 Å². The molecule has 0 spiro atoms. The zero-order valence-electron chi connectivity index (χ0n) is 10.0. The first-order valence-electron chi connectivity index (χ1n) is 6.06. The topological polar surface area (TPSA) is 30.5 Å². The van der Waals surface area contributed by atoms with E-state index < -0.39 is 0 Å². The van der Waals surface area contributed by atoms with E-state index in [0.717, 1.165) is 37.5 Å². The van der Waals surface area contributed by atoms with E-state index >= 15 is 0 Å². The number of anilines is 1. The summed E-state index contributed by atoms with van der Waals surface area (Å²) in [5.41, 5.74) is 0.954. The van der Waals surface area contributed by atoms with Crippen molar-refractivity contribution in [3.63, 3.8) is 0 Å². The number of nitrogens with one attached hydrogen (secondary N) is 1. The molecule has 2 rings (SSSR count). The lowest BCUT2D eigenvalue weighted by Gasteiger charge is -2.25. The van der Waals surface area contributed by atoms with Gasteiger partial charge >= 0.3 is 0 Å². The molecule has 94 valence electrons. The van der Waals surface area contributed by atoms with Crippen LogP contribution in [-0.4, -0.2) is 25.9 Å². The van der Waals surface area contributed by atoms with Crippen LogP contribution in [-0.2, 0) is 4.74 Å². The number of rotatable bonds is 4. The maximum atomic E-state index is 6.01. The number of ether oxygens (including phenoxy) is 2. The number of halogens is 1. The lowest BCUT2D eigenvalue weighted by molar-refractivity contribution is 0.0875. The molecule has 0 amide bonds. The summed E-state index contributed by atoms with van der Waals surface area (Å²) in [4.78, 5) is 0. The zero-order valence-corrected chi connectivity index (χ0v) is 10.8. The van der Waals surface area contributed by atoms with Crippen LogP contribution in [0.15, 0.2) is 18.2 Å². The van der Waals surface area contributed by atoms with E-state index in [1.165, 1.54) is 0 Å². The van der Waals surface area contributed by atoms with Crippen LogP contribution >= 0.6 is 11.6 Å². The van der Waals surface area contributed by atoms with Crippen LogP contribution in [0.3, 0.4) is 0 Å². The Hall–Kier alpha value is -0.930. The van der Waals surface area contributed by atoms with Crippen molar-refractivity contribution in [1.82, 2.24) is 0 Å². The Morgan fingerprint density at radius 2 is 2.41 bits per heavy atom. The lowest BCUT2D eigenvalue weighted by Crippen LogP contribution is -2.30. The van der Waals surface area contributed by atoms with Crippen LogP contribution in [0.25, 0.3) is 0 Å². The van der Waals surface area contributed by atoms with E-state index in [4.69, 9.17) is 21.1 Å². The van der Waals surface area contributed by atoms with Gasteiger partial charge in [0.1, 0.15) is 5.75 Å². The van der Waals surface area contributed by atoms with E-state index in [-0.39, 0.29) is 0 Å². The van der Waals surface area contributed by atoms with E-state index in [0.29, 0.717) is 17.7 Å². The summed E-state index contributed by atoms with van der Waals surface area (Å²) in [6.07, 6.45) is 2.22. The van der Waals surface area contributed by atoms with Gasteiger partial charge in [-0.05, 0) is 38.0 Å². The Kier molecular flexibility index (Phi) is 4.51. The Morgan fingerprint density at radius 3 is 3.12 bits per heavy atom. The molecule has 0 aliphatic carbocycles. The van der Waals surface area contributed by atoms with Crippen molar-refractivity contribution < 1.29 is 9.47 Å². The third-order valence-electron chi connectivity index (χ3n) is 2.76. The predicted octanol–water partition coefficient (Wildman–Crippen LogP) is 3.33. The molecule has 1 aromatic rings. The van der Waals surface area contributed by atoms with Crippen molar-refractivity contribution in [2.45, 2.75) is 25.8 Å². The molecule has 0 saturated carbocycles. The molecule has 0 bridgehead atoms. The van der Waals surface area contributed by atoms with Crippen LogP contribution < -0.4 is 10.1 Å². The molecule has 17 heavy (non-hydrogen) atoms. The van der Waals surface area contributed by atoms with Gasteiger partial charge in [-0.15, -0.1) is 0 Å². The standard InChI is InChI=1S/C13H18ClNO2/c1-2-17-13-6-5-10(14)8-12(13)15-11-4-3-7-16-9-11/h5-6,8,11,15H,2-4,7,9H2,1H3. The Bertz CT molecular complexity index is 364. The van der Waals surface area contributed by atoms with E-state index in [1.54, 1.807) is 0 Å². The highest BCUT2D eigenvalue weighted by Gasteiger charge is 2.15. The third-order valence-corrected chi connectivity index (χ3v) is 3.00. The van der Waals surface area contributed by atoms with Crippen molar-refractivity contribution in [2.24, 2.45) is 0 Å². The van der Waals surface area contributed by atoms with Crippen molar-refractivity contribution >= 4 is 17.3 Å². The fourth-order valence-corrected chi connectivity index (χ4v) is 2.14. The molecule has 1 N–H and O–H groups in total. The van der Waals surface area contributed by atoms with Gasteiger partial charge in [0.05, 0.1) is 18.9 Å². The first kappa shape index (κ1) is 12.5. The van der Waals surface area contributed by atoms with Gasteiger partial charge in [-0.25, -0.2) is 0 Å². The second-order valence-electron chi connectivity index (χ2n) is 4.13. The molecule has 1 aliphatic rings. The molecule has 1 saturated heterocycles. The van der Waals surface area contributed by atoms with Crippen molar-refractivity contribution in [3.05, 3.63) is 23.2 Å². The second kappa shape index (κ2) is 6.12. The van der Waals surface area contributed by atoms with E-state index in [1.807, 2.05) is 25.1 Å². The van der Waals surface area contributed by atoms with E-state index in [9.17, 15) is 0 Å². The highest BCUT2D eigenvalue weighted by molar-refractivity contribution is 6.30. The molecule has 0 aromatic heterocycles. The quantitative estimate of drug-likeness (QED) is 0.895. The van der Waals surface area contributed by atoms with Crippen molar-refractivity contribution in [2.75, 3.05) is 25.1 Å². The maximum Gasteiger partial charge on any atom is 0.142 e. The molecule has 1 fully saturated rings. The van der Waals surface area contributed by atoms with Gasteiger partial charge in [-0.1, -0.05) is 11.6 Å². The summed E-state index contributed by atoms with van der Waals surface area (Å²) in [7, 11) is 0. The molecule has 1 aliphatic heterocycles. The largest absolute Gasteiger partial charge is 0.492 e. The Balaban J connectivity index is 2.08. The van der Waals surface area contributed by atoms with Gasteiger partial charge in [-0.3, -0.25) is 0 Å². The SMILES string of the molecule is CCOc1ccc(Cl)cc1NC1CCCOC1. The summed E-state index contributed by atoms with van der Waals surface area (Å²) in [6.45, 7) is 4.24. The van der Waals surface area contributed by atoms with Crippen LogP contribution in [0.5, 0.6) is 5.75 Å². The summed E-state index contributed by atoms with van der Waals surface area (Å²) >= 11 is 6.01. The zero-order chi connectivity index (χ0) is 12.1. The highest BCUT2D eigenvalue weighted by Crippen LogP contribution is 2.29. The van der Waals surface area contributed by atoms with Gasteiger partial charge < -0.3 is 14.8 Å². The van der Waals surface area contributed by atoms with E-state index in [2.05, 4.69) is 5.32 Å². The van der Waals surface area contributed by atoms with Crippen molar-refractivity contribution in [1.29, 1.82) is 0 Å². The fourth-order valence-electron chi connectivity index (χ4n) is 1.97. The first-order chi connectivity index (χ1) is 8.29. The molecular formula is C13H18ClNO2. The second-order valence-corrected chi connectivity index (χ2v) is 4.57. The molecule has 1 atom stereocenters. The highest BCUT2D eigenvalue weighted by atomic mass is 35.5.